The summed E-state index contributed by atoms with van der Waals surface area (Å²) in [6, 6.07) is 5.81. The molecule has 2 atom stereocenters. The van der Waals surface area contributed by atoms with Crippen LogP contribution < -0.4 is 0 Å². The normalized spacial score (nSPS) is 21.7. The maximum absolute atomic E-state index is 11.6. The molecule has 0 saturated carbocycles. The topological polar surface area (TPSA) is 79.5 Å². The third kappa shape index (κ3) is 4.30. The first-order chi connectivity index (χ1) is 12.2. The Labute approximate surface area is 154 Å². The van der Waals surface area contributed by atoms with E-state index in [1.807, 2.05) is 25.1 Å². The Morgan fingerprint density at radius 3 is 2.73 bits per heavy atom. The number of hydrogen-bond donors (Lipinski definition) is 1. The number of piperidine rings is 1. The zero-order chi connectivity index (χ0) is 18.9. The second-order valence-corrected chi connectivity index (χ2v) is 8.42. The van der Waals surface area contributed by atoms with E-state index < -0.39 is 5.97 Å². The van der Waals surface area contributed by atoms with Crippen molar-refractivity contribution in [1.29, 1.82) is 0 Å². The second kappa shape index (κ2) is 7.19. The van der Waals surface area contributed by atoms with Crippen LogP contribution in [0.5, 0.6) is 0 Å². The highest BCUT2D eigenvalue weighted by atomic mass is 16.5. The van der Waals surface area contributed by atoms with Crippen molar-refractivity contribution >= 4 is 5.97 Å². The molecular weight excluding hydrogens is 330 g/mol. The van der Waals surface area contributed by atoms with Gasteiger partial charge in [-0.1, -0.05) is 25.9 Å². The molecule has 0 aliphatic carbocycles. The summed E-state index contributed by atoms with van der Waals surface area (Å²) >= 11 is 0. The van der Waals surface area contributed by atoms with Crippen molar-refractivity contribution in [1.82, 2.24) is 15.0 Å². The fraction of sp³-hybridized carbons (Fsp3) is 0.550. The van der Waals surface area contributed by atoms with Gasteiger partial charge >= 0.3 is 5.97 Å². The zero-order valence-electron chi connectivity index (χ0n) is 15.9. The van der Waals surface area contributed by atoms with Crippen molar-refractivity contribution in [2.75, 3.05) is 13.1 Å². The number of aromatic nitrogens is 2. The Bertz CT molecular complexity index is 779. The van der Waals surface area contributed by atoms with E-state index in [2.05, 4.69) is 35.8 Å². The van der Waals surface area contributed by atoms with E-state index in [9.17, 15) is 9.90 Å². The lowest BCUT2D eigenvalue weighted by Crippen LogP contribution is -2.46. The van der Waals surface area contributed by atoms with Crippen LogP contribution in [-0.2, 0) is 11.3 Å². The molecular formula is C20H27N3O3. The number of aliphatic carboxylic acids is 1. The van der Waals surface area contributed by atoms with Gasteiger partial charge in [-0.05, 0) is 42.4 Å². The summed E-state index contributed by atoms with van der Waals surface area (Å²) in [5.74, 6) is 0.0140. The van der Waals surface area contributed by atoms with E-state index >= 15 is 0 Å². The first-order valence-electron chi connectivity index (χ1n) is 9.06. The van der Waals surface area contributed by atoms with Gasteiger partial charge in [0.2, 0.25) is 0 Å². The predicted molar refractivity (Wildman–Crippen MR) is 98.4 cm³/mol. The summed E-state index contributed by atoms with van der Waals surface area (Å²) in [7, 11) is 0. The fourth-order valence-electron chi connectivity index (χ4n) is 3.53. The van der Waals surface area contributed by atoms with Gasteiger partial charge in [0, 0.05) is 25.4 Å². The monoisotopic (exact) mass is 357 g/mol. The molecule has 140 valence electrons. The number of aryl methyl sites for hydroxylation is 1. The summed E-state index contributed by atoms with van der Waals surface area (Å²) in [5.41, 5.74) is 2.69. The predicted octanol–water partition coefficient (Wildman–Crippen LogP) is 3.61. The molecule has 3 heterocycles. The van der Waals surface area contributed by atoms with Crippen LogP contribution >= 0.6 is 0 Å². The maximum atomic E-state index is 11.6. The van der Waals surface area contributed by atoms with Gasteiger partial charge in [-0.2, -0.15) is 0 Å². The van der Waals surface area contributed by atoms with E-state index in [-0.39, 0.29) is 11.3 Å². The van der Waals surface area contributed by atoms with Crippen LogP contribution in [0.3, 0.4) is 0 Å². The van der Waals surface area contributed by atoms with Crippen LogP contribution in [0.15, 0.2) is 28.9 Å². The highest BCUT2D eigenvalue weighted by Crippen LogP contribution is 2.36. The van der Waals surface area contributed by atoms with Crippen molar-refractivity contribution in [3.63, 3.8) is 0 Å². The van der Waals surface area contributed by atoms with E-state index in [4.69, 9.17) is 4.52 Å². The molecule has 1 aliphatic heterocycles. The van der Waals surface area contributed by atoms with Gasteiger partial charge in [0.05, 0.1) is 18.2 Å². The molecule has 1 saturated heterocycles. The van der Waals surface area contributed by atoms with Crippen LogP contribution in [0.1, 0.15) is 38.5 Å². The third-order valence-corrected chi connectivity index (χ3v) is 5.22. The number of carbonyl (C=O) groups is 1. The van der Waals surface area contributed by atoms with Gasteiger partial charge in [0.1, 0.15) is 5.69 Å². The van der Waals surface area contributed by atoms with E-state index in [0.717, 1.165) is 30.0 Å². The van der Waals surface area contributed by atoms with Gasteiger partial charge in [-0.3, -0.25) is 14.7 Å². The van der Waals surface area contributed by atoms with Crippen LogP contribution in [0.4, 0.5) is 0 Å². The van der Waals surface area contributed by atoms with Crippen LogP contribution in [0.2, 0.25) is 0 Å². The quantitative estimate of drug-likeness (QED) is 0.900. The lowest BCUT2D eigenvalue weighted by atomic mass is 9.73. The van der Waals surface area contributed by atoms with Gasteiger partial charge in [-0.15, -0.1) is 0 Å². The Morgan fingerprint density at radius 2 is 2.08 bits per heavy atom. The summed E-state index contributed by atoms with van der Waals surface area (Å²) in [6.45, 7) is 10.5. The molecule has 3 rings (SSSR count). The zero-order valence-corrected chi connectivity index (χ0v) is 15.9. The molecule has 0 aromatic carbocycles. The molecule has 26 heavy (non-hydrogen) atoms. The molecule has 2 unspecified atom stereocenters. The summed E-state index contributed by atoms with van der Waals surface area (Å²) in [4.78, 5) is 18.1. The van der Waals surface area contributed by atoms with Crippen LogP contribution in [0.25, 0.3) is 11.4 Å². The Morgan fingerprint density at radius 1 is 1.31 bits per heavy atom. The van der Waals surface area contributed by atoms with E-state index in [1.165, 1.54) is 0 Å². The fourth-order valence-corrected chi connectivity index (χ4v) is 3.53. The summed E-state index contributed by atoms with van der Waals surface area (Å²) < 4.78 is 5.50. The molecule has 0 spiro atoms. The molecule has 2 aromatic rings. The number of likely N-dealkylation sites (tertiary alicyclic amines) is 1. The van der Waals surface area contributed by atoms with Crippen molar-refractivity contribution in [3.05, 3.63) is 35.7 Å². The summed E-state index contributed by atoms with van der Waals surface area (Å²) in [5, 5.41) is 13.6. The van der Waals surface area contributed by atoms with Gasteiger partial charge < -0.3 is 9.63 Å². The SMILES string of the molecule is Cc1ccnc(-c2cc(CN3CC(C(=O)O)CC(C(C)(C)C)C3)on2)c1. The molecule has 0 amide bonds. The Kier molecular flexibility index (Phi) is 5.14. The smallest absolute Gasteiger partial charge is 0.307 e. The van der Waals surface area contributed by atoms with Crippen molar-refractivity contribution in [3.8, 4) is 11.4 Å². The van der Waals surface area contributed by atoms with Crippen LogP contribution in [0, 0.1) is 24.2 Å². The minimum absolute atomic E-state index is 0.0738. The van der Waals surface area contributed by atoms with Gasteiger partial charge in [0.15, 0.2) is 5.76 Å². The number of carboxylic acids is 1. The molecule has 0 bridgehead atoms. The Hall–Kier alpha value is -2.21. The second-order valence-electron chi connectivity index (χ2n) is 8.42. The van der Waals surface area contributed by atoms with Crippen molar-refractivity contribution in [2.45, 2.75) is 40.7 Å². The van der Waals surface area contributed by atoms with Crippen LogP contribution in [-0.4, -0.2) is 39.2 Å². The lowest BCUT2D eigenvalue weighted by Gasteiger charge is -2.41. The third-order valence-electron chi connectivity index (χ3n) is 5.22. The van der Waals surface area contributed by atoms with E-state index in [1.54, 1.807) is 6.20 Å². The van der Waals surface area contributed by atoms with Gasteiger partial charge in [0.25, 0.3) is 0 Å². The molecule has 0 radical (unpaired) electrons. The maximum Gasteiger partial charge on any atom is 0.307 e. The summed E-state index contributed by atoms with van der Waals surface area (Å²) in [6.07, 6.45) is 2.49. The minimum atomic E-state index is -0.717. The average molecular weight is 357 g/mol. The first kappa shape index (κ1) is 18.6. The molecule has 2 aromatic heterocycles. The van der Waals surface area contributed by atoms with Gasteiger partial charge in [-0.25, -0.2) is 0 Å². The number of hydrogen-bond acceptors (Lipinski definition) is 5. The minimum Gasteiger partial charge on any atom is -0.481 e. The molecule has 1 fully saturated rings. The van der Waals surface area contributed by atoms with Crippen molar-refractivity contribution < 1.29 is 14.4 Å². The highest BCUT2D eigenvalue weighted by Gasteiger charge is 2.37. The number of carboxylic acid groups (broad SMARTS) is 1. The Balaban J connectivity index is 1.74. The van der Waals surface area contributed by atoms with E-state index in [0.29, 0.717) is 24.7 Å². The molecule has 1 N–H and O–H groups in total. The molecule has 1 aliphatic rings. The molecule has 6 heteroatoms. The highest BCUT2D eigenvalue weighted by molar-refractivity contribution is 5.70. The largest absolute Gasteiger partial charge is 0.481 e. The average Bonchev–Trinajstić information content (AvgIpc) is 3.02. The number of rotatable bonds is 4. The standard InChI is InChI=1S/C20H27N3O3/c1-13-5-6-21-17(7-13)18-9-16(26-22-18)12-23-10-14(19(24)25)8-15(11-23)20(2,3)4/h5-7,9,14-15H,8,10-12H2,1-4H3,(H,24,25). The molecule has 6 nitrogen and oxygen atoms in total. The lowest BCUT2D eigenvalue weighted by molar-refractivity contribution is -0.145. The van der Waals surface area contributed by atoms with Crippen molar-refractivity contribution in [2.24, 2.45) is 17.3 Å². The number of nitrogens with zero attached hydrogens (tertiary/aromatic N) is 3. The number of pyridine rings is 1. The first-order valence-corrected chi connectivity index (χ1v) is 9.06.